The lowest BCUT2D eigenvalue weighted by molar-refractivity contribution is 0.0702. The van der Waals surface area contributed by atoms with Crippen molar-refractivity contribution in [1.29, 1.82) is 0 Å². The number of H-pyrrole nitrogens is 1. The van der Waals surface area contributed by atoms with Crippen molar-refractivity contribution >= 4 is 11.6 Å². The molecule has 0 fully saturated rings. The van der Waals surface area contributed by atoms with E-state index < -0.39 is 0 Å². The van der Waals surface area contributed by atoms with Crippen LogP contribution in [-0.2, 0) is 13.1 Å². The van der Waals surface area contributed by atoms with Crippen LogP contribution in [0.2, 0.25) is 0 Å². The molecule has 1 amide bonds. The van der Waals surface area contributed by atoms with Crippen LogP contribution in [0.1, 0.15) is 22.0 Å². The van der Waals surface area contributed by atoms with Gasteiger partial charge in [0.05, 0.1) is 17.9 Å². The van der Waals surface area contributed by atoms with Crippen molar-refractivity contribution in [2.75, 3.05) is 12.3 Å². The van der Waals surface area contributed by atoms with Crippen LogP contribution in [0.3, 0.4) is 0 Å². The predicted octanol–water partition coefficient (Wildman–Crippen LogP) is 0.153. The fourth-order valence-electron chi connectivity index (χ4n) is 2.10. The summed E-state index contributed by atoms with van der Waals surface area (Å²) in [5, 5.41) is 6.69. The number of fused-ring (bicyclic) bond motifs is 1. The van der Waals surface area contributed by atoms with Crippen molar-refractivity contribution in [2.45, 2.75) is 20.0 Å². The molecule has 1 aliphatic rings. The molecule has 3 rings (SSSR count). The largest absolute Gasteiger partial charge is 0.395 e. The summed E-state index contributed by atoms with van der Waals surface area (Å²) in [6.45, 7) is 3.69. The highest BCUT2D eigenvalue weighted by atomic mass is 16.2. The second kappa shape index (κ2) is 3.86. The van der Waals surface area contributed by atoms with E-state index >= 15 is 0 Å². The average molecular weight is 246 g/mol. The Morgan fingerprint density at radius 2 is 2.33 bits per heavy atom. The number of aromatic amines is 1. The number of anilines is 1. The van der Waals surface area contributed by atoms with Crippen molar-refractivity contribution in [3.63, 3.8) is 0 Å². The summed E-state index contributed by atoms with van der Waals surface area (Å²) in [6, 6.07) is 0. The number of imidazole rings is 1. The van der Waals surface area contributed by atoms with E-state index in [0.717, 1.165) is 18.1 Å². The molecule has 0 aliphatic carbocycles. The molecule has 7 heteroatoms. The minimum absolute atomic E-state index is 0.147. The van der Waals surface area contributed by atoms with Crippen LogP contribution < -0.4 is 5.73 Å². The Labute approximate surface area is 104 Å². The first kappa shape index (κ1) is 10.8. The zero-order chi connectivity index (χ0) is 12.7. The Morgan fingerprint density at radius 3 is 3.06 bits per heavy atom. The molecule has 0 atom stereocenters. The highest BCUT2D eigenvalue weighted by Crippen LogP contribution is 2.18. The number of nitrogens with two attached hydrogens (primary N) is 1. The van der Waals surface area contributed by atoms with Crippen molar-refractivity contribution in [2.24, 2.45) is 0 Å². The van der Waals surface area contributed by atoms with Crippen LogP contribution in [0.5, 0.6) is 0 Å². The van der Waals surface area contributed by atoms with Crippen LogP contribution in [0.15, 0.2) is 12.4 Å². The first-order valence-corrected chi connectivity index (χ1v) is 5.76. The Morgan fingerprint density at radius 1 is 1.50 bits per heavy atom. The monoisotopic (exact) mass is 246 g/mol. The van der Waals surface area contributed by atoms with Gasteiger partial charge in [0.2, 0.25) is 0 Å². The lowest BCUT2D eigenvalue weighted by Crippen LogP contribution is -2.38. The lowest BCUT2D eigenvalue weighted by Gasteiger charge is -2.27. The standard InChI is InChI=1S/C11H14N6O/c1-7-9(12)10(15-14-7)11(18)17-5-4-16-3-2-13-8(16)6-17/h2-3H,4-6,12H2,1H3,(H,14,15). The molecule has 1 aliphatic heterocycles. The Bertz CT molecular complexity index is 598. The van der Waals surface area contributed by atoms with E-state index in [1.54, 1.807) is 18.0 Å². The summed E-state index contributed by atoms with van der Waals surface area (Å²) < 4.78 is 2.04. The number of aromatic nitrogens is 4. The van der Waals surface area contributed by atoms with Crippen molar-refractivity contribution in [3.05, 3.63) is 29.6 Å². The first-order chi connectivity index (χ1) is 8.66. The average Bonchev–Trinajstić information content (AvgIpc) is 2.96. The molecule has 0 bridgehead atoms. The van der Waals surface area contributed by atoms with E-state index in [0.29, 0.717) is 24.5 Å². The van der Waals surface area contributed by atoms with Gasteiger partial charge in [0.1, 0.15) is 5.82 Å². The molecule has 0 saturated heterocycles. The van der Waals surface area contributed by atoms with E-state index in [2.05, 4.69) is 15.2 Å². The van der Waals surface area contributed by atoms with Gasteiger partial charge in [-0.15, -0.1) is 0 Å². The van der Waals surface area contributed by atoms with E-state index in [-0.39, 0.29) is 5.91 Å². The number of rotatable bonds is 1. The maximum atomic E-state index is 12.3. The van der Waals surface area contributed by atoms with Gasteiger partial charge in [-0.05, 0) is 6.92 Å². The maximum Gasteiger partial charge on any atom is 0.276 e. The van der Waals surface area contributed by atoms with Crippen molar-refractivity contribution < 1.29 is 4.79 Å². The third-order valence-electron chi connectivity index (χ3n) is 3.23. The normalized spacial score (nSPS) is 14.6. The van der Waals surface area contributed by atoms with Gasteiger partial charge in [-0.1, -0.05) is 0 Å². The summed E-state index contributed by atoms with van der Waals surface area (Å²) in [5.74, 6) is 0.742. The summed E-state index contributed by atoms with van der Waals surface area (Å²) >= 11 is 0. The highest BCUT2D eigenvalue weighted by Gasteiger charge is 2.25. The molecular weight excluding hydrogens is 232 g/mol. The molecule has 0 aromatic carbocycles. The predicted molar refractivity (Wildman–Crippen MR) is 64.7 cm³/mol. The SMILES string of the molecule is Cc1[nH]nc(C(=O)N2CCn3ccnc3C2)c1N. The number of hydrogen-bond acceptors (Lipinski definition) is 4. The molecule has 7 nitrogen and oxygen atoms in total. The molecule has 94 valence electrons. The van der Waals surface area contributed by atoms with Gasteiger partial charge in [-0.3, -0.25) is 9.89 Å². The number of nitrogen functional groups attached to an aromatic ring is 1. The van der Waals surface area contributed by atoms with Crippen molar-refractivity contribution in [1.82, 2.24) is 24.6 Å². The van der Waals surface area contributed by atoms with Gasteiger partial charge in [0.15, 0.2) is 5.69 Å². The maximum absolute atomic E-state index is 12.3. The molecule has 0 radical (unpaired) electrons. The number of nitrogens with one attached hydrogen (secondary N) is 1. The lowest BCUT2D eigenvalue weighted by atomic mass is 10.2. The molecular formula is C11H14N6O. The summed E-state index contributed by atoms with van der Waals surface area (Å²) in [4.78, 5) is 18.2. The van der Waals surface area contributed by atoms with E-state index in [1.807, 2.05) is 10.8 Å². The van der Waals surface area contributed by atoms with Gasteiger partial charge in [-0.2, -0.15) is 5.10 Å². The Hall–Kier alpha value is -2.31. The minimum atomic E-state index is -0.147. The minimum Gasteiger partial charge on any atom is -0.395 e. The number of nitrogens with zero attached hydrogens (tertiary/aromatic N) is 4. The smallest absolute Gasteiger partial charge is 0.276 e. The van der Waals surface area contributed by atoms with E-state index in [1.165, 1.54) is 0 Å². The second-order valence-electron chi connectivity index (χ2n) is 4.37. The third-order valence-corrected chi connectivity index (χ3v) is 3.23. The summed E-state index contributed by atoms with van der Waals surface area (Å²) in [6.07, 6.45) is 3.67. The molecule has 0 spiro atoms. The first-order valence-electron chi connectivity index (χ1n) is 5.76. The van der Waals surface area contributed by atoms with E-state index in [4.69, 9.17) is 5.73 Å². The van der Waals surface area contributed by atoms with Crippen LogP contribution in [0.4, 0.5) is 5.69 Å². The van der Waals surface area contributed by atoms with Crippen LogP contribution in [-0.4, -0.2) is 37.1 Å². The Kier molecular flexibility index (Phi) is 2.32. The topological polar surface area (TPSA) is 92.8 Å². The van der Waals surface area contributed by atoms with Gasteiger partial charge < -0.3 is 15.2 Å². The second-order valence-corrected chi connectivity index (χ2v) is 4.37. The van der Waals surface area contributed by atoms with Gasteiger partial charge in [0.25, 0.3) is 5.91 Å². The zero-order valence-electron chi connectivity index (χ0n) is 10.1. The fourth-order valence-corrected chi connectivity index (χ4v) is 2.10. The molecule has 2 aromatic rings. The van der Waals surface area contributed by atoms with Crippen LogP contribution in [0, 0.1) is 6.92 Å². The van der Waals surface area contributed by atoms with Crippen LogP contribution in [0.25, 0.3) is 0 Å². The number of hydrogen-bond donors (Lipinski definition) is 2. The molecule has 3 N–H and O–H groups in total. The summed E-state index contributed by atoms with van der Waals surface area (Å²) in [7, 11) is 0. The van der Waals surface area contributed by atoms with Crippen LogP contribution >= 0.6 is 0 Å². The number of carbonyl (C=O) groups excluding carboxylic acids is 1. The third kappa shape index (κ3) is 1.55. The number of carbonyl (C=O) groups is 1. The van der Waals surface area contributed by atoms with Gasteiger partial charge >= 0.3 is 0 Å². The molecule has 18 heavy (non-hydrogen) atoms. The number of aryl methyl sites for hydroxylation is 1. The fraction of sp³-hybridized carbons (Fsp3) is 0.364. The number of amides is 1. The van der Waals surface area contributed by atoms with E-state index in [9.17, 15) is 4.79 Å². The Balaban J connectivity index is 1.85. The molecule has 0 unspecified atom stereocenters. The van der Waals surface area contributed by atoms with Gasteiger partial charge in [-0.25, -0.2) is 4.98 Å². The summed E-state index contributed by atoms with van der Waals surface area (Å²) in [5.41, 5.74) is 7.27. The molecule has 0 saturated carbocycles. The quantitative estimate of drug-likeness (QED) is 0.749. The zero-order valence-corrected chi connectivity index (χ0v) is 10.1. The molecule has 3 heterocycles. The molecule has 2 aromatic heterocycles. The van der Waals surface area contributed by atoms with Crippen molar-refractivity contribution in [3.8, 4) is 0 Å². The highest BCUT2D eigenvalue weighted by molar-refractivity contribution is 5.97. The van der Waals surface area contributed by atoms with Gasteiger partial charge in [0, 0.05) is 25.5 Å².